The average Bonchev–Trinajstić information content (AvgIpc) is 2.52. The first-order valence-electron chi connectivity index (χ1n) is 3.85. The van der Waals surface area contributed by atoms with E-state index in [1.807, 2.05) is 24.3 Å². The molecule has 0 aliphatic rings. The lowest BCUT2D eigenvalue weighted by atomic mass is 10.1. The largest absolute Gasteiger partial charge is 0.204 e. The number of aromatic nitrogens is 4. The fraction of sp³-hybridized carbons (Fsp3) is 0.111. The summed E-state index contributed by atoms with van der Waals surface area (Å²) in [5.74, 6) is 0.592. The maximum absolute atomic E-state index is 5.62. The molecule has 1 aromatic heterocycles. The Bertz CT molecular complexity index is 419. The molecule has 2 aromatic rings. The highest BCUT2D eigenvalue weighted by molar-refractivity contribution is 5.55. The van der Waals surface area contributed by atoms with E-state index in [-0.39, 0.29) is 0 Å². The van der Waals surface area contributed by atoms with Crippen LogP contribution in [0, 0.1) is 6.92 Å². The molecule has 2 radical (unpaired) electrons. The zero-order chi connectivity index (χ0) is 9.26. The number of hydrogen-bond acceptors (Lipinski definition) is 3. The van der Waals surface area contributed by atoms with Gasteiger partial charge in [0, 0.05) is 5.56 Å². The van der Waals surface area contributed by atoms with Gasteiger partial charge in [0.2, 0.25) is 5.82 Å². The molecule has 2 rings (SSSR count). The van der Waals surface area contributed by atoms with E-state index in [0.717, 1.165) is 5.56 Å². The van der Waals surface area contributed by atoms with Crippen molar-refractivity contribution in [3.63, 3.8) is 0 Å². The summed E-state index contributed by atoms with van der Waals surface area (Å²) in [6, 6.07) is 7.39. The van der Waals surface area contributed by atoms with Gasteiger partial charge in [-0.1, -0.05) is 18.2 Å². The SMILES string of the molecule is [CH]c1cccc(-c2nnn(C)n2)c1. The third-order valence-corrected chi connectivity index (χ3v) is 1.65. The number of hydrogen-bond donors (Lipinski definition) is 0. The van der Waals surface area contributed by atoms with Crippen LogP contribution in [0.2, 0.25) is 0 Å². The zero-order valence-electron chi connectivity index (χ0n) is 7.18. The zero-order valence-corrected chi connectivity index (χ0v) is 7.18. The van der Waals surface area contributed by atoms with Crippen molar-refractivity contribution < 1.29 is 0 Å². The molecule has 4 nitrogen and oxygen atoms in total. The van der Waals surface area contributed by atoms with Gasteiger partial charge in [0.05, 0.1) is 7.05 Å². The summed E-state index contributed by atoms with van der Waals surface area (Å²) in [6.45, 7) is 5.62. The van der Waals surface area contributed by atoms with E-state index in [0.29, 0.717) is 11.4 Å². The van der Waals surface area contributed by atoms with Crippen molar-refractivity contribution in [1.29, 1.82) is 0 Å². The quantitative estimate of drug-likeness (QED) is 0.642. The van der Waals surface area contributed by atoms with Gasteiger partial charge in [0.1, 0.15) is 0 Å². The molecular formula is C9H8N4. The molecular weight excluding hydrogens is 164 g/mol. The normalized spacial score (nSPS) is 10.3. The first-order valence-corrected chi connectivity index (χ1v) is 3.85. The van der Waals surface area contributed by atoms with Crippen molar-refractivity contribution in [3.05, 3.63) is 36.8 Å². The Kier molecular flexibility index (Phi) is 1.81. The van der Waals surface area contributed by atoms with Crippen molar-refractivity contribution >= 4 is 0 Å². The molecule has 0 aliphatic carbocycles. The monoisotopic (exact) mass is 172 g/mol. The van der Waals surface area contributed by atoms with Crippen molar-refractivity contribution in [2.45, 2.75) is 0 Å². The number of nitrogens with zero attached hydrogens (tertiary/aromatic N) is 4. The molecule has 0 saturated heterocycles. The Morgan fingerprint density at radius 1 is 1.38 bits per heavy atom. The average molecular weight is 172 g/mol. The minimum Gasteiger partial charge on any atom is -0.167 e. The predicted octanol–water partition coefficient (Wildman–Crippen LogP) is 0.936. The van der Waals surface area contributed by atoms with Crippen LogP contribution in [0.25, 0.3) is 11.4 Å². The Balaban J connectivity index is 2.46. The first kappa shape index (κ1) is 7.91. The van der Waals surface area contributed by atoms with Gasteiger partial charge in [0.25, 0.3) is 0 Å². The van der Waals surface area contributed by atoms with E-state index < -0.39 is 0 Å². The van der Waals surface area contributed by atoms with Crippen LogP contribution in [-0.2, 0) is 7.05 Å². The van der Waals surface area contributed by atoms with E-state index in [1.165, 1.54) is 4.80 Å². The lowest BCUT2D eigenvalue weighted by Crippen LogP contribution is -1.91. The fourth-order valence-electron chi connectivity index (χ4n) is 1.08. The summed E-state index contributed by atoms with van der Waals surface area (Å²) in [4.78, 5) is 1.42. The van der Waals surface area contributed by atoms with Gasteiger partial charge in [-0.2, -0.15) is 4.80 Å². The van der Waals surface area contributed by atoms with E-state index in [1.54, 1.807) is 7.05 Å². The molecule has 0 saturated carbocycles. The summed E-state index contributed by atoms with van der Waals surface area (Å²) in [5.41, 5.74) is 1.58. The van der Waals surface area contributed by atoms with Crippen molar-refractivity contribution in [3.8, 4) is 11.4 Å². The standard InChI is InChI=1S/C9H8N4/c1-7-4-3-5-8(6-7)9-10-12-13(2)11-9/h1,3-6H,2H3. The van der Waals surface area contributed by atoms with Crippen LogP contribution in [-0.4, -0.2) is 20.2 Å². The van der Waals surface area contributed by atoms with E-state index >= 15 is 0 Å². The highest BCUT2D eigenvalue weighted by Crippen LogP contribution is 2.14. The van der Waals surface area contributed by atoms with Crippen LogP contribution >= 0.6 is 0 Å². The molecule has 0 N–H and O–H groups in total. The summed E-state index contributed by atoms with van der Waals surface area (Å²) < 4.78 is 0. The number of rotatable bonds is 1. The Labute approximate surface area is 76.2 Å². The van der Waals surface area contributed by atoms with Crippen molar-refractivity contribution in [1.82, 2.24) is 20.2 Å². The lowest BCUT2D eigenvalue weighted by Gasteiger charge is -1.94. The second-order valence-electron chi connectivity index (χ2n) is 2.73. The van der Waals surface area contributed by atoms with Crippen LogP contribution < -0.4 is 0 Å². The molecule has 1 aromatic carbocycles. The van der Waals surface area contributed by atoms with E-state index in [4.69, 9.17) is 6.92 Å². The van der Waals surface area contributed by atoms with Crippen LogP contribution in [0.1, 0.15) is 5.56 Å². The van der Waals surface area contributed by atoms with Gasteiger partial charge in [-0.15, -0.1) is 10.2 Å². The van der Waals surface area contributed by atoms with Gasteiger partial charge in [-0.3, -0.25) is 0 Å². The fourth-order valence-corrected chi connectivity index (χ4v) is 1.08. The molecule has 64 valence electrons. The summed E-state index contributed by atoms with van der Waals surface area (Å²) in [5, 5.41) is 11.7. The highest BCUT2D eigenvalue weighted by Gasteiger charge is 2.02. The Hall–Kier alpha value is -1.71. The molecule has 0 atom stereocenters. The third kappa shape index (κ3) is 1.56. The summed E-state index contributed by atoms with van der Waals surface area (Å²) in [7, 11) is 1.72. The minimum absolute atomic E-state index is 0.592. The van der Waals surface area contributed by atoms with Gasteiger partial charge >= 0.3 is 0 Å². The van der Waals surface area contributed by atoms with E-state index in [9.17, 15) is 0 Å². The van der Waals surface area contributed by atoms with Gasteiger partial charge in [-0.25, -0.2) is 0 Å². The summed E-state index contributed by atoms with van der Waals surface area (Å²) in [6.07, 6.45) is 0. The van der Waals surface area contributed by atoms with Crippen molar-refractivity contribution in [2.75, 3.05) is 0 Å². The molecule has 13 heavy (non-hydrogen) atoms. The number of aryl methyl sites for hydroxylation is 1. The molecule has 0 spiro atoms. The second kappa shape index (κ2) is 2.97. The minimum atomic E-state index is 0.592. The molecule has 4 heteroatoms. The van der Waals surface area contributed by atoms with E-state index in [2.05, 4.69) is 15.4 Å². The maximum Gasteiger partial charge on any atom is 0.204 e. The summed E-state index contributed by atoms with van der Waals surface area (Å²) >= 11 is 0. The molecule has 1 heterocycles. The smallest absolute Gasteiger partial charge is 0.167 e. The molecule has 0 bridgehead atoms. The number of benzene rings is 1. The topological polar surface area (TPSA) is 43.6 Å². The molecule has 0 unspecified atom stereocenters. The predicted molar refractivity (Wildman–Crippen MR) is 47.6 cm³/mol. The first-order chi connectivity index (χ1) is 6.25. The van der Waals surface area contributed by atoms with Gasteiger partial charge < -0.3 is 0 Å². The lowest BCUT2D eigenvalue weighted by molar-refractivity contribution is 0.630. The molecule has 0 aliphatic heterocycles. The van der Waals surface area contributed by atoms with Crippen LogP contribution in [0.15, 0.2) is 24.3 Å². The molecule has 0 amide bonds. The Morgan fingerprint density at radius 2 is 2.23 bits per heavy atom. The van der Waals surface area contributed by atoms with Crippen LogP contribution in [0.3, 0.4) is 0 Å². The second-order valence-corrected chi connectivity index (χ2v) is 2.73. The maximum atomic E-state index is 5.62. The van der Waals surface area contributed by atoms with Gasteiger partial charge in [0.15, 0.2) is 0 Å². The third-order valence-electron chi connectivity index (χ3n) is 1.65. The van der Waals surface area contributed by atoms with Gasteiger partial charge in [-0.05, 0) is 23.8 Å². The highest BCUT2D eigenvalue weighted by atomic mass is 15.6. The van der Waals surface area contributed by atoms with Crippen LogP contribution in [0.4, 0.5) is 0 Å². The number of tetrazole rings is 1. The Morgan fingerprint density at radius 3 is 2.85 bits per heavy atom. The van der Waals surface area contributed by atoms with Crippen molar-refractivity contribution in [2.24, 2.45) is 7.05 Å². The molecule has 0 fully saturated rings. The van der Waals surface area contributed by atoms with Crippen LogP contribution in [0.5, 0.6) is 0 Å².